The number of rotatable bonds is 4. The Morgan fingerprint density at radius 3 is 2.55 bits per heavy atom. The summed E-state index contributed by atoms with van der Waals surface area (Å²) in [5.41, 5.74) is 0. The van der Waals surface area contributed by atoms with Gasteiger partial charge in [0.15, 0.2) is 0 Å². The van der Waals surface area contributed by atoms with E-state index in [0.29, 0.717) is 32.7 Å². The van der Waals surface area contributed by atoms with Crippen LogP contribution in [-0.4, -0.2) is 52.0 Å². The van der Waals surface area contributed by atoms with Crippen LogP contribution in [0.2, 0.25) is 0 Å². The molecule has 2 fully saturated rings. The number of piperazine rings is 1. The van der Waals surface area contributed by atoms with E-state index in [9.17, 15) is 13.6 Å². The number of halogens is 2. The summed E-state index contributed by atoms with van der Waals surface area (Å²) < 4.78 is 29.5. The van der Waals surface area contributed by atoms with Crippen molar-refractivity contribution in [1.82, 2.24) is 19.9 Å². The number of hydrogen-bond acceptors (Lipinski definition) is 5. The molecule has 1 aliphatic carbocycles. The molecule has 0 aromatic carbocycles. The summed E-state index contributed by atoms with van der Waals surface area (Å²) in [4.78, 5) is 19.4. The number of amides is 1. The van der Waals surface area contributed by atoms with E-state index in [0.717, 1.165) is 12.8 Å². The highest BCUT2D eigenvalue weighted by Gasteiger charge is 2.34. The monoisotopic (exact) mass is 286 g/mol. The smallest absolute Gasteiger partial charge is 0.300 e. The topological polar surface area (TPSA) is 62.5 Å². The molecule has 0 radical (unpaired) electrons. The Labute approximate surface area is 114 Å². The predicted molar refractivity (Wildman–Crippen MR) is 63.8 cm³/mol. The zero-order valence-electron chi connectivity index (χ0n) is 11.0. The molecule has 0 bridgehead atoms. The number of hydrogen-bond donors (Lipinski definition) is 0. The summed E-state index contributed by atoms with van der Waals surface area (Å²) in [6.07, 6.45) is -0.685. The van der Waals surface area contributed by atoms with Gasteiger partial charge in [-0.1, -0.05) is 5.16 Å². The Balaban J connectivity index is 1.49. The average Bonchev–Trinajstić information content (AvgIpc) is 3.19. The third-order valence-corrected chi connectivity index (χ3v) is 3.65. The molecular formula is C12H16F2N4O2. The fourth-order valence-electron chi connectivity index (χ4n) is 2.33. The van der Waals surface area contributed by atoms with Gasteiger partial charge in [-0.15, -0.1) is 0 Å². The second-order valence-electron chi connectivity index (χ2n) is 5.22. The van der Waals surface area contributed by atoms with Gasteiger partial charge in [-0.25, -0.2) is 8.78 Å². The third kappa shape index (κ3) is 2.95. The Morgan fingerprint density at radius 2 is 2.00 bits per heavy atom. The molecule has 20 heavy (non-hydrogen) atoms. The highest BCUT2D eigenvalue weighted by molar-refractivity contribution is 5.81. The number of aromatic nitrogens is 2. The number of carbonyl (C=O) groups is 1. The van der Waals surface area contributed by atoms with Crippen LogP contribution in [0.5, 0.6) is 0 Å². The van der Waals surface area contributed by atoms with Crippen LogP contribution in [-0.2, 0) is 11.3 Å². The molecule has 0 spiro atoms. The molecule has 2 aliphatic rings. The van der Waals surface area contributed by atoms with E-state index in [1.54, 1.807) is 0 Å². The summed E-state index contributed by atoms with van der Waals surface area (Å²) in [6, 6.07) is 0. The molecule has 110 valence electrons. The van der Waals surface area contributed by atoms with Crippen molar-refractivity contribution in [3.63, 3.8) is 0 Å². The Kier molecular flexibility index (Phi) is 3.64. The maximum absolute atomic E-state index is 12.3. The normalized spacial score (nSPS) is 20.6. The van der Waals surface area contributed by atoms with Gasteiger partial charge in [0, 0.05) is 32.1 Å². The van der Waals surface area contributed by atoms with Crippen molar-refractivity contribution in [2.75, 3.05) is 26.2 Å². The van der Waals surface area contributed by atoms with Gasteiger partial charge in [0.1, 0.15) is 0 Å². The van der Waals surface area contributed by atoms with E-state index >= 15 is 0 Å². The van der Waals surface area contributed by atoms with Crippen LogP contribution in [0.1, 0.15) is 31.0 Å². The Bertz CT molecular complexity index is 482. The first-order valence-corrected chi connectivity index (χ1v) is 6.75. The SMILES string of the molecule is O=C(C1CC1)N1CCN(Cc2nc(C(F)F)no2)CC1. The van der Waals surface area contributed by atoms with Crippen LogP contribution >= 0.6 is 0 Å². The summed E-state index contributed by atoms with van der Waals surface area (Å²) >= 11 is 0. The van der Waals surface area contributed by atoms with Gasteiger partial charge in [0.25, 0.3) is 0 Å². The van der Waals surface area contributed by atoms with Crippen LogP contribution < -0.4 is 0 Å². The lowest BCUT2D eigenvalue weighted by atomic mass is 10.2. The molecule has 1 aliphatic heterocycles. The molecule has 1 saturated heterocycles. The van der Waals surface area contributed by atoms with Crippen molar-refractivity contribution >= 4 is 5.91 Å². The fourth-order valence-corrected chi connectivity index (χ4v) is 2.33. The van der Waals surface area contributed by atoms with E-state index < -0.39 is 12.2 Å². The predicted octanol–water partition coefficient (Wildman–Crippen LogP) is 1.06. The third-order valence-electron chi connectivity index (χ3n) is 3.65. The van der Waals surface area contributed by atoms with Crippen LogP contribution in [0.3, 0.4) is 0 Å². The molecule has 1 saturated carbocycles. The van der Waals surface area contributed by atoms with Gasteiger partial charge in [0.2, 0.25) is 17.6 Å². The highest BCUT2D eigenvalue weighted by atomic mass is 19.3. The largest absolute Gasteiger partial charge is 0.340 e. The van der Waals surface area contributed by atoms with Gasteiger partial charge < -0.3 is 9.42 Å². The molecule has 6 nitrogen and oxygen atoms in total. The highest BCUT2D eigenvalue weighted by Crippen LogP contribution is 2.31. The first-order chi connectivity index (χ1) is 9.63. The van der Waals surface area contributed by atoms with Crippen molar-refractivity contribution < 1.29 is 18.1 Å². The number of nitrogens with zero attached hydrogens (tertiary/aromatic N) is 4. The summed E-state index contributed by atoms with van der Waals surface area (Å²) in [5, 5.41) is 3.23. The van der Waals surface area contributed by atoms with E-state index in [2.05, 4.69) is 10.1 Å². The number of carbonyl (C=O) groups excluding carboxylic acids is 1. The van der Waals surface area contributed by atoms with Crippen LogP contribution in [0, 0.1) is 5.92 Å². The molecule has 0 N–H and O–H groups in total. The minimum absolute atomic E-state index is 0.197. The molecular weight excluding hydrogens is 270 g/mol. The molecule has 3 rings (SSSR count). The molecule has 0 atom stereocenters. The minimum atomic E-state index is -2.71. The zero-order chi connectivity index (χ0) is 14.1. The van der Waals surface area contributed by atoms with Crippen molar-refractivity contribution in [2.45, 2.75) is 25.8 Å². The van der Waals surface area contributed by atoms with Crippen molar-refractivity contribution in [1.29, 1.82) is 0 Å². The average molecular weight is 286 g/mol. The maximum atomic E-state index is 12.3. The lowest BCUT2D eigenvalue weighted by Gasteiger charge is -2.34. The minimum Gasteiger partial charge on any atom is -0.340 e. The molecule has 2 heterocycles. The lowest BCUT2D eigenvalue weighted by Crippen LogP contribution is -2.48. The summed E-state index contributed by atoms with van der Waals surface area (Å²) in [5.74, 6) is 0.123. The van der Waals surface area contributed by atoms with E-state index in [-0.39, 0.29) is 17.7 Å². The van der Waals surface area contributed by atoms with Crippen LogP contribution in [0.4, 0.5) is 8.78 Å². The summed E-state index contributed by atoms with van der Waals surface area (Å²) in [7, 11) is 0. The Morgan fingerprint density at radius 1 is 1.30 bits per heavy atom. The van der Waals surface area contributed by atoms with Gasteiger partial charge >= 0.3 is 6.43 Å². The van der Waals surface area contributed by atoms with E-state index in [1.807, 2.05) is 9.80 Å². The van der Waals surface area contributed by atoms with Crippen molar-refractivity contribution in [3.8, 4) is 0 Å². The van der Waals surface area contributed by atoms with Crippen LogP contribution in [0.25, 0.3) is 0 Å². The molecule has 1 amide bonds. The van der Waals surface area contributed by atoms with E-state index in [4.69, 9.17) is 4.52 Å². The van der Waals surface area contributed by atoms with Crippen molar-refractivity contribution in [2.24, 2.45) is 5.92 Å². The standard InChI is InChI=1S/C12H16F2N4O2/c13-10(14)11-15-9(20-16-11)7-17-3-5-18(6-4-17)12(19)8-1-2-8/h8,10H,1-7H2. The second-order valence-corrected chi connectivity index (χ2v) is 5.22. The van der Waals surface area contributed by atoms with Gasteiger partial charge in [0.05, 0.1) is 6.54 Å². The first-order valence-electron chi connectivity index (χ1n) is 6.75. The summed E-state index contributed by atoms with van der Waals surface area (Å²) in [6.45, 7) is 3.09. The molecule has 0 unspecified atom stereocenters. The molecule has 8 heteroatoms. The van der Waals surface area contributed by atoms with Gasteiger partial charge in [-0.05, 0) is 12.8 Å². The zero-order valence-corrected chi connectivity index (χ0v) is 11.0. The number of alkyl halides is 2. The fraction of sp³-hybridized carbons (Fsp3) is 0.750. The maximum Gasteiger partial charge on any atom is 0.300 e. The quantitative estimate of drug-likeness (QED) is 0.828. The van der Waals surface area contributed by atoms with Gasteiger partial charge in [-0.3, -0.25) is 9.69 Å². The molecule has 1 aromatic heterocycles. The Hall–Kier alpha value is -1.57. The van der Waals surface area contributed by atoms with E-state index in [1.165, 1.54) is 0 Å². The van der Waals surface area contributed by atoms with Crippen molar-refractivity contribution in [3.05, 3.63) is 11.7 Å². The molecule has 1 aromatic rings. The van der Waals surface area contributed by atoms with Crippen LogP contribution in [0.15, 0.2) is 4.52 Å². The lowest BCUT2D eigenvalue weighted by molar-refractivity contribution is -0.134. The first kappa shape index (κ1) is 13.4. The van der Waals surface area contributed by atoms with Gasteiger partial charge in [-0.2, -0.15) is 4.98 Å². The second kappa shape index (κ2) is 5.43.